The fourth-order valence-corrected chi connectivity index (χ4v) is 4.09. The number of benzene rings is 2. The molecule has 0 heterocycles. The summed E-state index contributed by atoms with van der Waals surface area (Å²) in [6, 6.07) is 11.1. The molecule has 9 nitrogen and oxygen atoms in total. The van der Waals surface area contributed by atoms with Crippen LogP contribution in [0.25, 0.3) is 0 Å². The largest absolute Gasteiger partial charge is 0.492 e. The lowest BCUT2D eigenvalue weighted by Crippen LogP contribution is -2.49. The third kappa shape index (κ3) is 7.63. The van der Waals surface area contributed by atoms with Gasteiger partial charge in [-0.2, -0.15) is 0 Å². The van der Waals surface area contributed by atoms with E-state index < -0.39 is 18.0 Å². The zero-order chi connectivity index (χ0) is 25.9. The smallest absolute Gasteiger partial charge is 0.321 e. The van der Waals surface area contributed by atoms with Crippen molar-refractivity contribution in [3.63, 3.8) is 0 Å². The van der Waals surface area contributed by atoms with E-state index in [2.05, 4.69) is 21.3 Å². The molecule has 0 aromatic heterocycles. The molecular formula is C27H36N4O5. The molecule has 0 radical (unpaired) electrons. The average Bonchev–Trinajstić information content (AvgIpc) is 2.87. The van der Waals surface area contributed by atoms with Crippen LogP contribution in [0.15, 0.2) is 42.5 Å². The minimum Gasteiger partial charge on any atom is -0.492 e. The van der Waals surface area contributed by atoms with Gasteiger partial charge in [0, 0.05) is 23.7 Å². The van der Waals surface area contributed by atoms with Crippen molar-refractivity contribution in [2.24, 2.45) is 0 Å². The Bertz CT molecular complexity index is 1040. The van der Waals surface area contributed by atoms with Gasteiger partial charge in [0.25, 0.3) is 5.91 Å². The van der Waals surface area contributed by atoms with Crippen molar-refractivity contribution in [2.45, 2.75) is 65.0 Å². The first-order valence-electron chi connectivity index (χ1n) is 12.6. The topological polar surface area (TPSA) is 118 Å². The molecule has 1 aliphatic rings. The molecule has 1 atom stereocenters. The molecule has 36 heavy (non-hydrogen) atoms. The SMILES string of the molecule is CCOc1cc(NC(C)C(=O)NC(=O)NC2CCCCC2)c(OCC)cc1NC(=O)c1ccccc1. The maximum atomic E-state index is 12.7. The summed E-state index contributed by atoms with van der Waals surface area (Å²) in [4.78, 5) is 37.7. The quantitative estimate of drug-likeness (QED) is 0.379. The van der Waals surface area contributed by atoms with Crippen molar-refractivity contribution < 1.29 is 23.9 Å². The third-order valence-electron chi connectivity index (χ3n) is 5.91. The standard InChI is InChI=1S/C27H36N4O5/c1-4-35-23-17-22(30-26(33)19-12-8-6-9-13-19)24(36-5-2)16-21(23)28-18(3)25(32)31-27(34)29-20-14-10-7-11-15-20/h6,8-9,12-13,16-18,20,28H,4-5,7,10-11,14-15H2,1-3H3,(H,30,33)(H2,29,31,32,34). The van der Waals surface area contributed by atoms with Crippen LogP contribution in [-0.2, 0) is 4.79 Å². The Labute approximate surface area is 212 Å². The lowest BCUT2D eigenvalue weighted by molar-refractivity contribution is -0.120. The Kier molecular flexibility index (Phi) is 9.97. The molecule has 1 unspecified atom stereocenters. The van der Waals surface area contributed by atoms with Gasteiger partial charge < -0.3 is 25.4 Å². The second-order valence-corrected chi connectivity index (χ2v) is 8.69. The molecule has 2 aromatic carbocycles. The summed E-state index contributed by atoms with van der Waals surface area (Å²) >= 11 is 0. The van der Waals surface area contributed by atoms with Crippen LogP contribution < -0.4 is 30.7 Å². The van der Waals surface area contributed by atoms with Crippen molar-refractivity contribution in [3.05, 3.63) is 48.0 Å². The van der Waals surface area contributed by atoms with Crippen molar-refractivity contribution in [1.82, 2.24) is 10.6 Å². The normalized spacial score (nSPS) is 14.3. The van der Waals surface area contributed by atoms with E-state index >= 15 is 0 Å². The molecule has 1 saturated carbocycles. The van der Waals surface area contributed by atoms with Crippen molar-refractivity contribution in [2.75, 3.05) is 23.8 Å². The molecule has 4 amide bonds. The number of carbonyl (C=O) groups is 3. The number of nitrogens with one attached hydrogen (secondary N) is 4. The van der Waals surface area contributed by atoms with Gasteiger partial charge in [0.05, 0.1) is 24.6 Å². The van der Waals surface area contributed by atoms with Gasteiger partial charge in [-0.3, -0.25) is 14.9 Å². The van der Waals surface area contributed by atoms with Gasteiger partial charge in [0.2, 0.25) is 5.91 Å². The number of urea groups is 1. The monoisotopic (exact) mass is 496 g/mol. The molecule has 2 aromatic rings. The molecule has 0 aliphatic heterocycles. The van der Waals surface area contributed by atoms with Crippen LogP contribution in [-0.4, -0.2) is 43.1 Å². The highest BCUT2D eigenvalue weighted by Gasteiger charge is 2.22. The number of amides is 4. The summed E-state index contributed by atoms with van der Waals surface area (Å²) in [6.45, 7) is 6.09. The molecule has 1 aliphatic carbocycles. The Morgan fingerprint density at radius 3 is 2.17 bits per heavy atom. The average molecular weight is 497 g/mol. The molecule has 9 heteroatoms. The Balaban J connectivity index is 1.72. The second-order valence-electron chi connectivity index (χ2n) is 8.69. The van der Waals surface area contributed by atoms with Crippen LogP contribution in [0, 0.1) is 0 Å². The molecule has 0 bridgehead atoms. The van der Waals surface area contributed by atoms with Gasteiger partial charge in [0.1, 0.15) is 17.5 Å². The summed E-state index contributed by atoms with van der Waals surface area (Å²) in [7, 11) is 0. The van der Waals surface area contributed by atoms with Gasteiger partial charge >= 0.3 is 6.03 Å². The van der Waals surface area contributed by atoms with Gasteiger partial charge in [-0.15, -0.1) is 0 Å². The molecule has 0 saturated heterocycles. The van der Waals surface area contributed by atoms with Crippen molar-refractivity contribution in [3.8, 4) is 11.5 Å². The van der Waals surface area contributed by atoms with E-state index in [1.165, 1.54) is 6.42 Å². The Hall–Kier alpha value is -3.75. The Morgan fingerprint density at radius 1 is 0.917 bits per heavy atom. The first kappa shape index (κ1) is 26.8. The minimum absolute atomic E-state index is 0.103. The van der Waals surface area contributed by atoms with E-state index in [1.54, 1.807) is 43.3 Å². The van der Waals surface area contributed by atoms with Gasteiger partial charge in [-0.1, -0.05) is 37.5 Å². The third-order valence-corrected chi connectivity index (χ3v) is 5.91. The Morgan fingerprint density at radius 2 is 1.53 bits per heavy atom. The zero-order valence-corrected chi connectivity index (χ0v) is 21.2. The molecule has 0 spiro atoms. The van der Waals surface area contributed by atoms with Crippen LogP contribution in [0.3, 0.4) is 0 Å². The maximum absolute atomic E-state index is 12.7. The van der Waals surface area contributed by atoms with E-state index in [0.29, 0.717) is 41.7 Å². The number of hydrogen-bond acceptors (Lipinski definition) is 6. The highest BCUT2D eigenvalue weighted by atomic mass is 16.5. The first-order chi connectivity index (χ1) is 17.4. The minimum atomic E-state index is -0.736. The van der Waals surface area contributed by atoms with Gasteiger partial charge in [-0.05, 0) is 45.7 Å². The highest BCUT2D eigenvalue weighted by Crippen LogP contribution is 2.37. The van der Waals surface area contributed by atoms with E-state index in [1.807, 2.05) is 19.9 Å². The summed E-state index contributed by atoms with van der Waals surface area (Å²) in [5, 5.41) is 11.3. The first-order valence-corrected chi connectivity index (χ1v) is 12.6. The number of rotatable bonds is 10. The lowest BCUT2D eigenvalue weighted by Gasteiger charge is -2.23. The van der Waals surface area contributed by atoms with Gasteiger partial charge in [0.15, 0.2) is 0 Å². The van der Waals surface area contributed by atoms with E-state index in [4.69, 9.17) is 9.47 Å². The summed E-state index contributed by atoms with van der Waals surface area (Å²) < 4.78 is 11.5. The number of carbonyl (C=O) groups excluding carboxylic acids is 3. The molecule has 3 rings (SSSR count). The fourth-order valence-electron chi connectivity index (χ4n) is 4.09. The second kappa shape index (κ2) is 13.4. The van der Waals surface area contributed by atoms with E-state index in [-0.39, 0.29) is 11.9 Å². The van der Waals surface area contributed by atoms with E-state index in [9.17, 15) is 14.4 Å². The van der Waals surface area contributed by atoms with Crippen molar-refractivity contribution >= 4 is 29.2 Å². The summed E-state index contributed by atoms with van der Waals surface area (Å²) in [5.74, 6) is 0.118. The van der Waals surface area contributed by atoms with Gasteiger partial charge in [-0.25, -0.2) is 4.79 Å². The van der Waals surface area contributed by atoms with Crippen LogP contribution >= 0.6 is 0 Å². The number of hydrogen-bond donors (Lipinski definition) is 4. The zero-order valence-electron chi connectivity index (χ0n) is 21.2. The van der Waals surface area contributed by atoms with Crippen LogP contribution in [0.5, 0.6) is 11.5 Å². The molecule has 1 fully saturated rings. The maximum Gasteiger partial charge on any atom is 0.321 e. The van der Waals surface area contributed by atoms with Crippen LogP contribution in [0.1, 0.15) is 63.2 Å². The molecule has 194 valence electrons. The summed E-state index contributed by atoms with van der Waals surface area (Å²) in [5.41, 5.74) is 1.47. The lowest BCUT2D eigenvalue weighted by atomic mass is 9.96. The van der Waals surface area contributed by atoms with E-state index in [0.717, 1.165) is 25.7 Å². The number of imide groups is 1. The van der Waals surface area contributed by atoms with Crippen LogP contribution in [0.2, 0.25) is 0 Å². The van der Waals surface area contributed by atoms with Crippen LogP contribution in [0.4, 0.5) is 16.2 Å². The fraction of sp³-hybridized carbons (Fsp3) is 0.444. The predicted octanol–water partition coefficient (Wildman–Crippen LogP) is 4.70. The summed E-state index contributed by atoms with van der Waals surface area (Å²) in [6.07, 6.45) is 5.21. The molecular weight excluding hydrogens is 460 g/mol. The molecule has 4 N–H and O–H groups in total. The predicted molar refractivity (Wildman–Crippen MR) is 140 cm³/mol. The highest BCUT2D eigenvalue weighted by molar-refractivity contribution is 6.05. The number of ether oxygens (including phenoxy) is 2. The number of anilines is 2. The van der Waals surface area contributed by atoms with Crippen molar-refractivity contribution in [1.29, 1.82) is 0 Å².